The number of nitrogens with zero attached hydrogens (tertiary/aromatic N) is 6. The van der Waals surface area contributed by atoms with Crippen molar-refractivity contribution in [1.29, 1.82) is 0 Å². The van der Waals surface area contributed by atoms with E-state index in [0.717, 1.165) is 40.2 Å². The molecule has 3 aromatic heterocycles. The Kier molecular flexibility index (Phi) is 4.36. The summed E-state index contributed by atoms with van der Waals surface area (Å²) in [5.74, 6) is 2.30. The van der Waals surface area contributed by atoms with Crippen molar-refractivity contribution in [1.82, 2.24) is 28.9 Å². The van der Waals surface area contributed by atoms with Crippen LogP contribution in [0.25, 0.3) is 39.0 Å². The lowest BCUT2D eigenvalue weighted by molar-refractivity contribution is 0.415. The van der Waals surface area contributed by atoms with Crippen LogP contribution in [0.15, 0.2) is 53.6 Å². The molecule has 0 unspecified atom stereocenters. The Hall–Kier alpha value is -3.94. The molecule has 1 aliphatic rings. The molecular formula is C25H24N6O2. The summed E-state index contributed by atoms with van der Waals surface area (Å²) < 4.78 is 10.9. The standard InChI is InChI=1S/C25H24N6O2/c1-15-27-20-11-8-18(12-21(20)29(15)2)31-25(32)22(17-6-9-19(33-3)10-7-17)23-24(28-31)26-14-30(23)13-16-4-5-16/h6-12,14,16H,4-5,13H2,1-3H3. The van der Waals surface area contributed by atoms with Gasteiger partial charge in [0.2, 0.25) is 0 Å². The van der Waals surface area contributed by atoms with Gasteiger partial charge in [-0.25, -0.2) is 9.97 Å². The van der Waals surface area contributed by atoms with E-state index in [1.807, 2.05) is 61.0 Å². The summed E-state index contributed by atoms with van der Waals surface area (Å²) >= 11 is 0. The van der Waals surface area contributed by atoms with Crippen molar-refractivity contribution in [3.05, 3.63) is 65.0 Å². The highest BCUT2D eigenvalue weighted by molar-refractivity contribution is 5.90. The molecule has 6 rings (SSSR count). The van der Waals surface area contributed by atoms with Gasteiger partial charge in [-0.1, -0.05) is 12.1 Å². The monoisotopic (exact) mass is 440 g/mol. The predicted molar refractivity (Wildman–Crippen MR) is 127 cm³/mol. The zero-order valence-electron chi connectivity index (χ0n) is 18.8. The van der Waals surface area contributed by atoms with Crippen LogP contribution in [0.4, 0.5) is 0 Å². The highest BCUT2D eigenvalue weighted by Crippen LogP contribution is 2.33. The van der Waals surface area contributed by atoms with Gasteiger partial charge in [-0.3, -0.25) is 4.79 Å². The van der Waals surface area contributed by atoms with Crippen LogP contribution in [0.2, 0.25) is 0 Å². The SMILES string of the molecule is COc1ccc(-c2c(=O)n(-c3ccc4nc(C)n(C)c4c3)nc3ncn(CC4CC4)c23)cc1. The smallest absolute Gasteiger partial charge is 0.281 e. The third kappa shape index (κ3) is 3.21. The number of ether oxygens (including phenoxy) is 1. The van der Waals surface area contributed by atoms with Gasteiger partial charge in [-0.05, 0) is 61.6 Å². The molecule has 3 heterocycles. The number of fused-ring (bicyclic) bond motifs is 2. The van der Waals surface area contributed by atoms with E-state index < -0.39 is 0 Å². The normalized spacial score (nSPS) is 13.8. The number of aromatic nitrogens is 6. The molecule has 0 N–H and O–H groups in total. The summed E-state index contributed by atoms with van der Waals surface area (Å²) in [5.41, 5.74) is 5.10. The molecule has 0 radical (unpaired) electrons. The highest BCUT2D eigenvalue weighted by Gasteiger charge is 2.25. The van der Waals surface area contributed by atoms with Crippen molar-refractivity contribution < 1.29 is 4.74 Å². The number of benzene rings is 2. The van der Waals surface area contributed by atoms with Crippen LogP contribution in [0.1, 0.15) is 18.7 Å². The molecule has 1 saturated carbocycles. The largest absolute Gasteiger partial charge is 0.497 e. The van der Waals surface area contributed by atoms with E-state index in [1.54, 1.807) is 13.4 Å². The average Bonchev–Trinajstić information content (AvgIpc) is 3.50. The lowest BCUT2D eigenvalue weighted by atomic mass is 10.1. The summed E-state index contributed by atoms with van der Waals surface area (Å²) in [6.45, 7) is 2.81. The first-order chi connectivity index (χ1) is 16.0. The summed E-state index contributed by atoms with van der Waals surface area (Å²) in [6, 6.07) is 13.3. The van der Waals surface area contributed by atoms with E-state index >= 15 is 0 Å². The fourth-order valence-corrected chi connectivity index (χ4v) is 4.39. The maximum absolute atomic E-state index is 13.9. The van der Waals surface area contributed by atoms with Crippen LogP contribution in [-0.4, -0.2) is 36.0 Å². The second kappa shape index (κ2) is 7.30. The number of methoxy groups -OCH3 is 1. The van der Waals surface area contributed by atoms with E-state index in [9.17, 15) is 4.79 Å². The van der Waals surface area contributed by atoms with E-state index in [0.29, 0.717) is 22.8 Å². The third-order valence-corrected chi connectivity index (χ3v) is 6.52. The molecule has 0 saturated heterocycles. The van der Waals surface area contributed by atoms with E-state index in [2.05, 4.69) is 19.6 Å². The van der Waals surface area contributed by atoms with Crippen LogP contribution < -0.4 is 10.3 Å². The molecule has 8 heteroatoms. The molecule has 0 spiro atoms. The molecule has 2 aromatic carbocycles. The third-order valence-electron chi connectivity index (χ3n) is 6.52. The van der Waals surface area contributed by atoms with Gasteiger partial charge in [0, 0.05) is 13.6 Å². The molecule has 5 aromatic rings. The lowest BCUT2D eigenvalue weighted by Gasteiger charge is -2.12. The second-order valence-corrected chi connectivity index (χ2v) is 8.72. The first kappa shape index (κ1) is 19.7. The molecule has 8 nitrogen and oxygen atoms in total. The van der Waals surface area contributed by atoms with Crippen molar-refractivity contribution in [2.24, 2.45) is 13.0 Å². The number of rotatable bonds is 5. The van der Waals surface area contributed by atoms with Crippen molar-refractivity contribution in [3.8, 4) is 22.6 Å². The first-order valence-electron chi connectivity index (χ1n) is 11.1. The Morgan fingerprint density at radius 1 is 1.12 bits per heavy atom. The number of hydrogen-bond donors (Lipinski definition) is 0. The Labute approximate surface area is 190 Å². The van der Waals surface area contributed by atoms with Gasteiger partial charge in [0.1, 0.15) is 17.1 Å². The highest BCUT2D eigenvalue weighted by atomic mass is 16.5. The average molecular weight is 441 g/mol. The Bertz CT molecular complexity index is 1570. The van der Waals surface area contributed by atoms with Crippen molar-refractivity contribution >= 4 is 22.2 Å². The predicted octanol–water partition coefficient (Wildman–Crippen LogP) is 3.86. The molecule has 33 heavy (non-hydrogen) atoms. The molecule has 0 atom stereocenters. The number of aryl methyl sites for hydroxylation is 2. The number of hydrogen-bond acceptors (Lipinski definition) is 5. The molecule has 1 fully saturated rings. The van der Waals surface area contributed by atoms with Crippen molar-refractivity contribution in [2.45, 2.75) is 26.3 Å². The second-order valence-electron chi connectivity index (χ2n) is 8.72. The van der Waals surface area contributed by atoms with Gasteiger partial charge in [-0.2, -0.15) is 4.68 Å². The van der Waals surface area contributed by atoms with Crippen molar-refractivity contribution in [2.75, 3.05) is 7.11 Å². The Morgan fingerprint density at radius 2 is 1.91 bits per heavy atom. The van der Waals surface area contributed by atoms with Crippen LogP contribution in [0.3, 0.4) is 0 Å². The quantitative estimate of drug-likeness (QED) is 0.415. The van der Waals surface area contributed by atoms with E-state index in [-0.39, 0.29) is 5.56 Å². The van der Waals surface area contributed by atoms with Crippen molar-refractivity contribution in [3.63, 3.8) is 0 Å². The topological polar surface area (TPSA) is 79.8 Å². The van der Waals surface area contributed by atoms with Crippen LogP contribution >= 0.6 is 0 Å². The van der Waals surface area contributed by atoms with Gasteiger partial charge in [-0.15, -0.1) is 5.10 Å². The van der Waals surface area contributed by atoms with Crippen LogP contribution in [-0.2, 0) is 13.6 Å². The minimum absolute atomic E-state index is 0.177. The maximum atomic E-state index is 13.9. The molecule has 1 aliphatic carbocycles. The Balaban J connectivity index is 1.61. The number of imidazole rings is 2. The molecule has 166 valence electrons. The molecular weight excluding hydrogens is 416 g/mol. The van der Waals surface area contributed by atoms with Crippen LogP contribution in [0.5, 0.6) is 5.75 Å². The lowest BCUT2D eigenvalue weighted by Crippen LogP contribution is -2.24. The van der Waals surface area contributed by atoms with Gasteiger partial charge >= 0.3 is 0 Å². The minimum Gasteiger partial charge on any atom is -0.497 e. The molecule has 0 bridgehead atoms. The fourth-order valence-electron chi connectivity index (χ4n) is 4.39. The summed E-state index contributed by atoms with van der Waals surface area (Å²) in [6.07, 6.45) is 4.23. The van der Waals surface area contributed by atoms with E-state index in [4.69, 9.17) is 4.74 Å². The van der Waals surface area contributed by atoms with E-state index in [1.165, 1.54) is 17.5 Å². The zero-order valence-corrected chi connectivity index (χ0v) is 18.8. The minimum atomic E-state index is -0.177. The first-order valence-corrected chi connectivity index (χ1v) is 11.1. The molecule has 0 aliphatic heterocycles. The van der Waals surface area contributed by atoms with Crippen LogP contribution in [0, 0.1) is 12.8 Å². The summed E-state index contributed by atoms with van der Waals surface area (Å²) in [5, 5.41) is 4.67. The van der Waals surface area contributed by atoms with Gasteiger partial charge < -0.3 is 13.9 Å². The van der Waals surface area contributed by atoms with Gasteiger partial charge in [0.15, 0.2) is 5.65 Å². The zero-order chi connectivity index (χ0) is 22.7. The summed E-state index contributed by atoms with van der Waals surface area (Å²) in [7, 11) is 3.60. The fraction of sp³-hybridized carbons (Fsp3) is 0.280. The Morgan fingerprint density at radius 3 is 2.64 bits per heavy atom. The summed E-state index contributed by atoms with van der Waals surface area (Å²) in [4.78, 5) is 23.1. The van der Waals surface area contributed by atoms with Gasteiger partial charge in [0.25, 0.3) is 5.56 Å². The molecule has 0 amide bonds. The van der Waals surface area contributed by atoms with Gasteiger partial charge in [0.05, 0.1) is 35.7 Å². The maximum Gasteiger partial charge on any atom is 0.281 e.